The fourth-order valence-electron chi connectivity index (χ4n) is 4.30. The number of fused-ring (bicyclic) bond motifs is 2. The summed E-state index contributed by atoms with van der Waals surface area (Å²) in [6.45, 7) is -0.687. The molecule has 0 aromatic carbocycles. The first kappa shape index (κ1) is 18.7. The summed E-state index contributed by atoms with van der Waals surface area (Å²) < 4.78 is 26.4. The molecular formula is C22H21F2N5O. The van der Waals surface area contributed by atoms with Gasteiger partial charge in [-0.2, -0.15) is 5.10 Å². The second-order valence-corrected chi connectivity index (χ2v) is 7.72. The van der Waals surface area contributed by atoms with Crippen LogP contribution >= 0.6 is 0 Å². The van der Waals surface area contributed by atoms with Gasteiger partial charge in [0.05, 0.1) is 23.8 Å². The lowest BCUT2D eigenvalue weighted by Crippen LogP contribution is -2.28. The van der Waals surface area contributed by atoms with Gasteiger partial charge in [-0.25, -0.2) is 18.3 Å². The van der Waals surface area contributed by atoms with Crippen molar-refractivity contribution >= 4 is 22.5 Å². The number of amides is 1. The number of pyridine rings is 2. The van der Waals surface area contributed by atoms with Crippen LogP contribution in [0.5, 0.6) is 0 Å². The quantitative estimate of drug-likeness (QED) is 0.509. The van der Waals surface area contributed by atoms with Crippen LogP contribution in [0.15, 0.2) is 42.9 Å². The highest BCUT2D eigenvalue weighted by Gasteiger charge is 2.20. The molecule has 4 heterocycles. The van der Waals surface area contributed by atoms with Gasteiger partial charge in [0.25, 0.3) is 12.3 Å². The zero-order valence-corrected chi connectivity index (χ0v) is 16.2. The minimum Gasteiger partial charge on any atom is -0.346 e. The summed E-state index contributed by atoms with van der Waals surface area (Å²) in [4.78, 5) is 20.4. The van der Waals surface area contributed by atoms with E-state index in [1.807, 2.05) is 18.3 Å². The van der Waals surface area contributed by atoms with Crippen LogP contribution in [0.3, 0.4) is 0 Å². The van der Waals surface area contributed by atoms with Gasteiger partial charge in [-0.3, -0.25) is 4.79 Å². The van der Waals surface area contributed by atoms with Crippen LogP contribution in [0.4, 0.5) is 8.78 Å². The zero-order chi connectivity index (χ0) is 20.7. The SMILES string of the molecule is O=C(NCC(F)F)c1cnn2ccc(-c3c[nH]c4nc(C5CCCC5)ccc34)cc12. The van der Waals surface area contributed by atoms with Crippen molar-refractivity contribution in [2.24, 2.45) is 0 Å². The van der Waals surface area contributed by atoms with E-state index >= 15 is 0 Å². The van der Waals surface area contributed by atoms with Gasteiger partial charge in [0.1, 0.15) is 5.65 Å². The van der Waals surface area contributed by atoms with E-state index in [1.54, 1.807) is 10.7 Å². The molecule has 154 valence electrons. The van der Waals surface area contributed by atoms with Crippen molar-refractivity contribution in [3.8, 4) is 11.1 Å². The van der Waals surface area contributed by atoms with Crippen molar-refractivity contribution < 1.29 is 13.6 Å². The van der Waals surface area contributed by atoms with E-state index in [-0.39, 0.29) is 5.56 Å². The third-order valence-electron chi connectivity index (χ3n) is 5.83. The van der Waals surface area contributed by atoms with Crippen molar-refractivity contribution in [2.45, 2.75) is 38.0 Å². The Balaban J connectivity index is 1.50. The lowest BCUT2D eigenvalue weighted by atomic mass is 10.0. The molecule has 1 saturated carbocycles. The molecule has 1 fully saturated rings. The highest BCUT2D eigenvalue weighted by Crippen LogP contribution is 2.35. The molecule has 2 N–H and O–H groups in total. The molecule has 30 heavy (non-hydrogen) atoms. The first-order valence-electron chi connectivity index (χ1n) is 10.1. The molecule has 1 amide bonds. The van der Waals surface area contributed by atoms with Gasteiger partial charge in [-0.05, 0) is 42.7 Å². The molecule has 0 saturated heterocycles. The Bertz CT molecular complexity index is 1220. The molecule has 1 aliphatic rings. The number of H-pyrrole nitrogens is 1. The number of halogens is 2. The molecule has 6 nitrogen and oxygen atoms in total. The van der Waals surface area contributed by atoms with Crippen LogP contribution in [-0.4, -0.2) is 38.5 Å². The van der Waals surface area contributed by atoms with Gasteiger partial charge in [0, 0.05) is 35.0 Å². The first-order chi connectivity index (χ1) is 14.6. The van der Waals surface area contributed by atoms with Gasteiger partial charge >= 0.3 is 0 Å². The largest absolute Gasteiger partial charge is 0.346 e. The molecule has 0 unspecified atom stereocenters. The van der Waals surface area contributed by atoms with Gasteiger partial charge < -0.3 is 10.3 Å². The van der Waals surface area contributed by atoms with Gasteiger partial charge in [-0.15, -0.1) is 0 Å². The van der Waals surface area contributed by atoms with Crippen molar-refractivity contribution in [3.05, 3.63) is 54.1 Å². The summed E-state index contributed by atoms with van der Waals surface area (Å²) in [5, 5.41) is 7.39. The summed E-state index contributed by atoms with van der Waals surface area (Å²) in [5.74, 6) is -0.0251. The minimum absolute atomic E-state index is 0.263. The lowest BCUT2D eigenvalue weighted by Gasteiger charge is -2.08. The summed E-state index contributed by atoms with van der Waals surface area (Å²) in [6, 6.07) is 7.96. The first-order valence-corrected chi connectivity index (χ1v) is 10.1. The molecule has 8 heteroatoms. The van der Waals surface area contributed by atoms with Crippen LogP contribution in [-0.2, 0) is 0 Å². The molecule has 0 atom stereocenters. The van der Waals surface area contributed by atoms with Crippen LogP contribution in [0.1, 0.15) is 47.7 Å². The number of aromatic amines is 1. The van der Waals surface area contributed by atoms with E-state index in [2.05, 4.69) is 27.5 Å². The predicted octanol–water partition coefficient (Wildman–Crippen LogP) is 4.53. The molecule has 0 radical (unpaired) electrons. The summed E-state index contributed by atoms with van der Waals surface area (Å²) in [7, 11) is 0. The second kappa shape index (κ2) is 7.51. The number of alkyl halides is 2. The van der Waals surface area contributed by atoms with E-state index in [4.69, 9.17) is 4.98 Å². The molecular weight excluding hydrogens is 388 g/mol. The number of nitrogens with one attached hydrogen (secondary N) is 2. The van der Waals surface area contributed by atoms with E-state index in [0.717, 1.165) is 27.9 Å². The van der Waals surface area contributed by atoms with Gasteiger partial charge in [0.15, 0.2) is 0 Å². The maximum Gasteiger partial charge on any atom is 0.255 e. The average Bonchev–Trinajstić information content (AvgIpc) is 3.50. The molecule has 1 aliphatic carbocycles. The smallest absolute Gasteiger partial charge is 0.255 e. The Morgan fingerprint density at radius 1 is 1.27 bits per heavy atom. The average molecular weight is 409 g/mol. The van der Waals surface area contributed by atoms with Crippen LogP contribution in [0.2, 0.25) is 0 Å². The predicted molar refractivity (Wildman–Crippen MR) is 110 cm³/mol. The maximum absolute atomic E-state index is 12.4. The Morgan fingerprint density at radius 3 is 2.90 bits per heavy atom. The Labute approximate surface area is 171 Å². The number of carbonyl (C=O) groups excluding carboxylic acids is 1. The maximum atomic E-state index is 12.4. The molecule has 4 aromatic rings. The highest BCUT2D eigenvalue weighted by molar-refractivity contribution is 6.02. The van der Waals surface area contributed by atoms with Crippen LogP contribution in [0, 0.1) is 0 Å². The Morgan fingerprint density at radius 2 is 2.10 bits per heavy atom. The number of hydrogen-bond acceptors (Lipinski definition) is 3. The summed E-state index contributed by atoms with van der Waals surface area (Å²) in [6.07, 6.45) is 7.38. The van der Waals surface area contributed by atoms with Crippen LogP contribution < -0.4 is 5.32 Å². The summed E-state index contributed by atoms with van der Waals surface area (Å²) in [5.41, 5.74) is 4.67. The van der Waals surface area contributed by atoms with E-state index < -0.39 is 18.9 Å². The van der Waals surface area contributed by atoms with Crippen LogP contribution in [0.25, 0.3) is 27.7 Å². The third kappa shape index (κ3) is 3.32. The van der Waals surface area contributed by atoms with Crippen molar-refractivity contribution in [3.63, 3.8) is 0 Å². The molecule has 0 bridgehead atoms. The molecule has 4 aromatic heterocycles. The van der Waals surface area contributed by atoms with Crippen molar-refractivity contribution in [1.82, 2.24) is 24.9 Å². The second-order valence-electron chi connectivity index (χ2n) is 7.72. The highest BCUT2D eigenvalue weighted by atomic mass is 19.3. The monoisotopic (exact) mass is 409 g/mol. The number of rotatable bonds is 5. The van der Waals surface area contributed by atoms with Crippen molar-refractivity contribution in [1.29, 1.82) is 0 Å². The fourth-order valence-corrected chi connectivity index (χ4v) is 4.30. The fraction of sp³-hybridized carbons (Fsp3) is 0.318. The molecule has 0 aliphatic heterocycles. The van der Waals surface area contributed by atoms with Gasteiger partial charge in [-0.1, -0.05) is 12.8 Å². The standard InChI is InChI=1S/C22H21F2N5O/c23-20(24)12-26-22(30)17-11-27-29-8-7-14(9-19(17)29)16-10-25-21-15(16)5-6-18(28-21)13-3-1-2-4-13/h5-11,13,20H,1-4,12H2,(H,25,28)(H,26,30). The number of hydrogen-bond donors (Lipinski definition) is 2. The topological polar surface area (TPSA) is 75.1 Å². The molecule has 5 rings (SSSR count). The Kier molecular flexibility index (Phi) is 4.69. The Hall–Kier alpha value is -3.29. The van der Waals surface area contributed by atoms with E-state index in [1.165, 1.54) is 31.9 Å². The minimum atomic E-state index is -2.60. The number of nitrogens with zero attached hydrogens (tertiary/aromatic N) is 3. The third-order valence-corrected chi connectivity index (χ3v) is 5.83. The molecule has 0 spiro atoms. The number of carbonyl (C=O) groups is 1. The summed E-state index contributed by atoms with van der Waals surface area (Å²) >= 11 is 0. The van der Waals surface area contributed by atoms with Gasteiger partial charge in [0.2, 0.25) is 0 Å². The normalized spacial score (nSPS) is 14.9. The van der Waals surface area contributed by atoms with E-state index in [0.29, 0.717) is 11.4 Å². The zero-order valence-electron chi connectivity index (χ0n) is 16.2. The van der Waals surface area contributed by atoms with E-state index in [9.17, 15) is 13.6 Å². The lowest BCUT2D eigenvalue weighted by molar-refractivity contribution is 0.0893. The number of aromatic nitrogens is 4. The van der Waals surface area contributed by atoms with Crippen molar-refractivity contribution in [2.75, 3.05) is 6.54 Å².